The maximum absolute atomic E-state index is 12.3. The number of ether oxygens (including phenoxy) is 1. The normalized spacial score (nSPS) is 16.2. The first kappa shape index (κ1) is 20.9. The Bertz CT molecular complexity index is 565. The Balaban J connectivity index is 0.00000288. The van der Waals surface area contributed by atoms with Crippen LogP contribution in [0.5, 0.6) is 0 Å². The van der Waals surface area contributed by atoms with Crippen LogP contribution in [-0.2, 0) is 14.3 Å². The van der Waals surface area contributed by atoms with Gasteiger partial charge < -0.3 is 20.7 Å². The minimum Gasteiger partial charge on any atom is -0.383 e. The number of carbonyl (C=O) groups is 2. The van der Waals surface area contributed by atoms with Crippen LogP contribution in [0.1, 0.15) is 12.8 Å². The number of nitrogens with one attached hydrogen (secondary N) is 1. The lowest BCUT2D eigenvalue weighted by Gasteiger charge is -2.32. The second-order valence-electron chi connectivity index (χ2n) is 5.66. The van der Waals surface area contributed by atoms with E-state index in [0.717, 1.165) is 10.2 Å². The summed E-state index contributed by atoms with van der Waals surface area (Å²) < 4.78 is 5.83. The Morgan fingerprint density at radius 3 is 2.67 bits per heavy atom. The zero-order valence-corrected chi connectivity index (χ0v) is 15.9. The lowest BCUT2D eigenvalue weighted by atomic mass is 9.95. The molecule has 2 rings (SSSR count). The second kappa shape index (κ2) is 9.98. The Hall–Kier alpha value is -1.15. The molecule has 1 heterocycles. The molecule has 1 aromatic carbocycles. The highest BCUT2D eigenvalue weighted by Gasteiger charge is 2.29. The van der Waals surface area contributed by atoms with Crippen LogP contribution in [0.15, 0.2) is 28.7 Å². The van der Waals surface area contributed by atoms with Gasteiger partial charge in [0.05, 0.1) is 6.61 Å². The molecule has 8 heteroatoms. The number of methoxy groups -OCH3 is 1. The van der Waals surface area contributed by atoms with Crippen molar-refractivity contribution in [2.24, 2.45) is 11.7 Å². The largest absolute Gasteiger partial charge is 0.383 e. The van der Waals surface area contributed by atoms with Crippen LogP contribution in [0.2, 0.25) is 0 Å². The summed E-state index contributed by atoms with van der Waals surface area (Å²) >= 11 is 3.38. The Labute approximate surface area is 156 Å². The quantitative estimate of drug-likeness (QED) is 0.763. The standard InChI is InChI=1S/C16H22BrN3O3.ClH/c1-23-10-14(18)16(22)20-7-5-11(6-8-20)15(21)19-13-4-2-3-12(17)9-13;/h2-4,9,11,14H,5-8,10,18H2,1H3,(H,19,21);1H. The zero-order chi connectivity index (χ0) is 16.8. The van der Waals surface area contributed by atoms with Crippen molar-refractivity contribution >= 4 is 45.8 Å². The molecule has 0 aliphatic carbocycles. The first-order chi connectivity index (χ1) is 11.0. The summed E-state index contributed by atoms with van der Waals surface area (Å²) in [6.07, 6.45) is 1.29. The molecule has 0 radical (unpaired) electrons. The number of amides is 2. The van der Waals surface area contributed by atoms with Gasteiger partial charge in [-0.05, 0) is 31.0 Å². The highest BCUT2D eigenvalue weighted by Crippen LogP contribution is 2.21. The summed E-state index contributed by atoms with van der Waals surface area (Å²) in [4.78, 5) is 26.1. The molecule has 1 fully saturated rings. The van der Waals surface area contributed by atoms with Crippen LogP contribution < -0.4 is 11.1 Å². The highest BCUT2D eigenvalue weighted by molar-refractivity contribution is 9.10. The lowest BCUT2D eigenvalue weighted by molar-refractivity contribution is -0.136. The molecule has 6 nitrogen and oxygen atoms in total. The van der Waals surface area contributed by atoms with Crippen LogP contribution >= 0.6 is 28.3 Å². The van der Waals surface area contributed by atoms with Gasteiger partial charge in [-0.15, -0.1) is 12.4 Å². The maximum atomic E-state index is 12.3. The van der Waals surface area contributed by atoms with Crippen LogP contribution in [0.25, 0.3) is 0 Å². The SMILES string of the molecule is COCC(N)C(=O)N1CCC(C(=O)Nc2cccc(Br)c2)CC1.Cl. The number of likely N-dealkylation sites (tertiary alicyclic amines) is 1. The van der Waals surface area contributed by atoms with E-state index in [-0.39, 0.29) is 36.7 Å². The van der Waals surface area contributed by atoms with Crippen molar-refractivity contribution in [1.29, 1.82) is 0 Å². The van der Waals surface area contributed by atoms with E-state index in [1.54, 1.807) is 4.90 Å². The average Bonchev–Trinajstić information content (AvgIpc) is 2.54. The van der Waals surface area contributed by atoms with Crippen molar-refractivity contribution in [1.82, 2.24) is 4.90 Å². The molecule has 0 saturated carbocycles. The number of nitrogens with zero attached hydrogens (tertiary/aromatic N) is 1. The van der Waals surface area contributed by atoms with E-state index in [1.165, 1.54) is 7.11 Å². The van der Waals surface area contributed by atoms with Crippen LogP contribution in [0.3, 0.4) is 0 Å². The molecule has 1 atom stereocenters. The van der Waals surface area contributed by atoms with Gasteiger partial charge in [0, 0.05) is 36.3 Å². The van der Waals surface area contributed by atoms with Crippen molar-refractivity contribution in [2.45, 2.75) is 18.9 Å². The van der Waals surface area contributed by atoms with Gasteiger partial charge in [-0.1, -0.05) is 22.0 Å². The third-order valence-electron chi connectivity index (χ3n) is 3.93. The third-order valence-corrected chi connectivity index (χ3v) is 4.43. The number of benzene rings is 1. The van der Waals surface area contributed by atoms with E-state index in [1.807, 2.05) is 24.3 Å². The molecule has 1 aliphatic rings. The van der Waals surface area contributed by atoms with E-state index >= 15 is 0 Å². The Morgan fingerprint density at radius 1 is 1.42 bits per heavy atom. The van der Waals surface area contributed by atoms with Crippen LogP contribution in [0.4, 0.5) is 5.69 Å². The summed E-state index contributed by atoms with van der Waals surface area (Å²) in [5.74, 6) is -0.203. The molecule has 1 aromatic rings. The fraction of sp³-hybridized carbons (Fsp3) is 0.500. The topological polar surface area (TPSA) is 84.7 Å². The second-order valence-corrected chi connectivity index (χ2v) is 6.58. The lowest BCUT2D eigenvalue weighted by Crippen LogP contribution is -2.49. The van der Waals surface area contributed by atoms with Crippen LogP contribution in [-0.4, -0.2) is 49.6 Å². The molecular weight excluding hydrogens is 398 g/mol. The summed E-state index contributed by atoms with van der Waals surface area (Å²) in [5.41, 5.74) is 6.54. The van der Waals surface area contributed by atoms with Gasteiger partial charge in [-0.3, -0.25) is 9.59 Å². The van der Waals surface area contributed by atoms with Gasteiger partial charge in [0.25, 0.3) is 0 Å². The summed E-state index contributed by atoms with van der Waals surface area (Å²) in [6.45, 7) is 1.31. The average molecular weight is 421 g/mol. The molecule has 0 aromatic heterocycles. The fourth-order valence-corrected chi connectivity index (χ4v) is 3.06. The molecule has 2 amide bonds. The molecule has 24 heavy (non-hydrogen) atoms. The van der Waals surface area contributed by atoms with E-state index in [0.29, 0.717) is 25.9 Å². The van der Waals surface area contributed by atoms with E-state index in [9.17, 15) is 9.59 Å². The monoisotopic (exact) mass is 419 g/mol. The highest BCUT2D eigenvalue weighted by atomic mass is 79.9. The Kier molecular flexibility index (Phi) is 8.69. The predicted octanol–water partition coefficient (Wildman–Crippen LogP) is 2.02. The first-order valence-corrected chi connectivity index (χ1v) is 8.40. The molecule has 1 aliphatic heterocycles. The number of hydrogen-bond acceptors (Lipinski definition) is 4. The van der Waals surface area contributed by atoms with Crippen molar-refractivity contribution in [3.05, 3.63) is 28.7 Å². The number of carbonyl (C=O) groups excluding carboxylic acids is 2. The minimum absolute atomic E-state index is 0. The fourth-order valence-electron chi connectivity index (χ4n) is 2.66. The summed E-state index contributed by atoms with van der Waals surface area (Å²) in [7, 11) is 1.52. The van der Waals surface area contributed by atoms with Gasteiger partial charge in [0.1, 0.15) is 6.04 Å². The molecular formula is C16H23BrClN3O3. The molecule has 1 unspecified atom stereocenters. The van der Waals surface area contributed by atoms with Gasteiger partial charge in [-0.2, -0.15) is 0 Å². The first-order valence-electron chi connectivity index (χ1n) is 7.61. The van der Waals surface area contributed by atoms with Crippen molar-refractivity contribution in [3.63, 3.8) is 0 Å². The van der Waals surface area contributed by atoms with Gasteiger partial charge in [0.15, 0.2) is 0 Å². The zero-order valence-electron chi connectivity index (χ0n) is 13.5. The van der Waals surface area contributed by atoms with E-state index < -0.39 is 6.04 Å². The molecule has 3 N–H and O–H groups in total. The smallest absolute Gasteiger partial charge is 0.241 e. The van der Waals surface area contributed by atoms with Gasteiger partial charge in [-0.25, -0.2) is 0 Å². The molecule has 1 saturated heterocycles. The number of rotatable bonds is 5. The number of hydrogen-bond donors (Lipinski definition) is 2. The summed E-state index contributed by atoms with van der Waals surface area (Å²) in [5, 5.41) is 2.92. The predicted molar refractivity (Wildman–Crippen MR) is 99.2 cm³/mol. The van der Waals surface area contributed by atoms with E-state index in [4.69, 9.17) is 10.5 Å². The summed E-state index contributed by atoms with van der Waals surface area (Å²) in [6, 6.07) is 6.86. The van der Waals surface area contributed by atoms with Crippen molar-refractivity contribution < 1.29 is 14.3 Å². The number of anilines is 1. The number of piperidine rings is 1. The molecule has 0 bridgehead atoms. The minimum atomic E-state index is -0.632. The van der Waals surface area contributed by atoms with Crippen molar-refractivity contribution in [3.8, 4) is 0 Å². The maximum Gasteiger partial charge on any atom is 0.241 e. The van der Waals surface area contributed by atoms with E-state index in [2.05, 4.69) is 21.2 Å². The molecule has 134 valence electrons. The van der Waals surface area contributed by atoms with Crippen LogP contribution in [0, 0.1) is 5.92 Å². The van der Waals surface area contributed by atoms with Gasteiger partial charge in [0.2, 0.25) is 11.8 Å². The van der Waals surface area contributed by atoms with Crippen molar-refractivity contribution in [2.75, 3.05) is 32.1 Å². The molecule has 0 spiro atoms. The third kappa shape index (κ3) is 5.73. The van der Waals surface area contributed by atoms with Gasteiger partial charge >= 0.3 is 0 Å². The number of halogens is 2. The Morgan fingerprint density at radius 2 is 2.08 bits per heavy atom. The number of nitrogens with two attached hydrogens (primary N) is 1.